The van der Waals surface area contributed by atoms with Gasteiger partial charge in [0.15, 0.2) is 0 Å². The van der Waals surface area contributed by atoms with Gasteiger partial charge in [-0.25, -0.2) is 9.18 Å². The van der Waals surface area contributed by atoms with Crippen LogP contribution in [0.15, 0.2) is 53.6 Å². The number of carboxylic acids is 1. The van der Waals surface area contributed by atoms with Crippen LogP contribution in [0.1, 0.15) is 28.8 Å². The minimum Gasteiger partial charge on any atom is -0.478 e. The van der Waals surface area contributed by atoms with Gasteiger partial charge in [0.1, 0.15) is 5.82 Å². The number of hydrogen-bond acceptors (Lipinski definition) is 3. The van der Waals surface area contributed by atoms with E-state index in [9.17, 15) is 9.18 Å². The molecule has 3 rings (SSSR count). The molecule has 0 saturated heterocycles. The van der Waals surface area contributed by atoms with Gasteiger partial charge in [0.25, 0.3) is 0 Å². The molecule has 2 aromatic rings. The van der Waals surface area contributed by atoms with Gasteiger partial charge >= 0.3 is 5.97 Å². The molecule has 2 aromatic carbocycles. The number of carbonyl (C=O) groups is 1. The molecule has 112 valence electrons. The number of nitrogens with one attached hydrogen (secondary N) is 1. The Morgan fingerprint density at radius 1 is 1.05 bits per heavy atom. The van der Waals surface area contributed by atoms with Crippen molar-refractivity contribution in [2.24, 2.45) is 11.0 Å². The Kier molecular flexibility index (Phi) is 3.87. The molecule has 1 aliphatic rings. The van der Waals surface area contributed by atoms with Gasteiger partial charge in [0, 0.05) is 5.92 Å². The van der Waals surface area contributed by atoms with E-state index in [1.165, 1.54) is 24.3 Å². The number of rotatable bonds is 5. The Labute approximate surface area is 127 Å². The number of hydrogen-bond donors (Lipinski definition) is 2. The van der Waals surface area contributed by atoms with E-state index in [0.717, 1.165) is 24.1 Å². The fourth-order valence-corrected chi connectivity index (χ4v) is 2.18. The van der Waals surface area contributed by atoms with E-state index >= 15 is 0 Å². The second kappa shape index (κ2) is 5.97. The normalized spacial score (nSPS) is 14.7. The van der Waals surface area contributed by atoms with Crippen LogP contribution >= 0.6 is 0 Å². The van der Waals surface area contributed by atoms with Crippen molar-refractivity contribution in [3.8, 4) is 0 Å². The van der Waals surface area contributed by atoms with Gasteiger partial charge in [-0.2, -0.15) is 5.10 Å². The fraction of sp³-hybridized carbons (Fsp3) is 0.176. The molecule has 0 aromatic heterocycles. The Bertz CT molecular complexity index is 704. The lowest BCUT2D eigenvalue weighted by molar-refractivity contribution is 0.0697. The molecular weight excluding hydrogens is 283 g/mol. The minimum absolute atomic E-state index is 0.232. The summed E-state index contributed by atoms with van der Waals surface area (Å²) < 4.78 is 13.0. The number of benzene rings is 2. The third-order valence-electron chi connectivity index (χ3n) is 3.54. The maximum Gasteiger partial charge on any atom is 0.335 e. The molecule has 2 N–H and O–H groups in total. The van der Waals surface area contributed by atoms with Crippen LogP contribution in [0.3, 0.4) is 0 Å². The summed E-state index contributed by atoms with van der Waals surface area (Å²) >= 11 is 0. The zero-order valence-electron chi connectivity index (χ0n) is 11.8. The zero-order chi connectivity index (χ0) is 15.5. The summed E-state index contributed by atoms with van der Waals surface area (Å²) in [6, 6.07) is 12.7. The number of carboxylic acid groups (broad SMARTS) is 1. The number of anilines is 1. The lowest BCUT2D eigenvalue weighted by Crippen LogP contribution is -2.07. The predicted molar refractivity (Wildman–Crippen MR) is 82.7 cm³/mol. The van der Waals surface area contributed by atoms with Gasteiger partial charge in [-0.15, -0.1) is 0 Å². The quantitative estimate of drug-likeness (QED) is 0.653. The third-order valence-corrected chi connectivity index (χ3v) is 3.54. The van der Waals surface area contributed by atoms with Crippen molar-refractivity contribution < 1.29 is 14.3 Å². The summed E-state index contributed by atoms with van der Waals surface area (Å²) in [4.78, 5) is 10.8. The van der Waals surface area contributed by atoms with Gasteiger partial charge < -0.3 is 5.11 Å². The first-order valence-corrected chi connectivity index (χ1v) is 7.06. The number of aromatic carboxylic acids is 1. The average molecular weight is 298 g/mol. The fourth-order valence-electron chi connectivity index (χ4n) is 2.18. The summed E-state index contributed by atoms with van der Waals surface area (Å²) in [5.41, 5.74) is 5.70. The molecule has 0 bridgehead atoms. The Hall–Kier alpha value is -2.69. The van der Waals surface area contributed by atoms with Crippen molar-refractivity contribution in [1.82, 2.24) is 0 Å². The number of hydrazone groups is 1. The van der Waals surface area contributed by atoms with Crippen molar-refractivity contribution in [3.05, 3.63) is 65.5 Å². The maximum absolute atomic E-state index is 13.0. The van der Waals surface area contributed by atoms with E-state index in [1.807, 2.05) is 0 Å². The van der Waals surface area contributed by atoms with E-state index in [1.54, 1.807) is 24.3 Å². The molecule has 0 spiro atoms. The largest absolute Gasteiger partial charge is 0.478 e. The average Bonchev–Trinajstić information content (AvgIpc) is 3.34. The molecule has 1 saturated carbocycles. The first-order valence-electron chi connectivity index (χ1n) is 7.06. The second-order valence-corrected chi connectivity index (χ2v) is 5.27. The highest BCUT2D eigenvalue weighted by atomic mass is 19.1. The topological polar surface area (TPSA) is 61.7 Å². The van der Waals surface area contributed by atoms with E-state index in [4.69, 9.17) is 5.11 Å². The summed E-state index contributed by atoms with van der Waals surface area (Å²) in [5, 5.41) is 13.3. The highest BCUT2D eigenvalue weighted by Gasteiger charge is 2.28. The minimum atomic E-state index is -0.958. The summed E-state index contributed by atoms with van der Waals surface area (Å²) in [5.74, 6) is -0.826. The lowest BCUT2D eigenvalue weighted by Gasteiger charge is -2.07. The van der Waals surface area contributed by atoms with Crippen molar-refractivity contribution in [3.63, 3.8) is 0 Å². The van der Waals surface area contributed by atoms with E-state index in [-0.39, 0.29) is 11.4 Å². The van der Waals surface area contributed by atoms with Crippen molar-refractivity contribution >= 4 is 17.4 Å². The lowest BCUT2D eigenvalue weighted by atomic mass is 10.1. The molecule has 0 aliphatic heterocycles. The van der Waals surface area contributed by atoms with Gasteiger partial charge in [-0.05, 0) is 54.8 Å². The molecule has 0 amide bonds. The maximum atomic E-state index is 13.0. The molecule has 1 aliphatic carbocycles. The first kappa shape index (κ1) is 14.3. The molecule has 4 nitrogen and oxygen atoms in total. The van der Waals surface area contributed by atoms with Crippen LogP contribution in [0.25, 0.3) is 0 Å². The second-order valence-electron chi connectivity index (χ2n) is 5.27. The SMILES string of the molecule is O=C(O)c1ccc(N/N=C(\c2ccc(F)cc2)C2CC2)cc1. The Morgan fingerprint density at radius 2 is 1.64 bits per heavy atom. The first-order chi connectivity index (χ1) is 10.6. The highest BCUT2D eigenvalue weighted by molar-refractivity contribution is 6.04. The molecule has 0 unspecified atom stereocenters. The number of halogens is 1. The Balaban J connectivity index is 1.78. The van der Waals surface area contributed by atoms with E-state index in [2.05, 4.69) is 10.5 Å². The monoisotopic (exact) mass is 298 g/mol. The molecular formula is C17H15FN2O2. The molecule has 0 heterocycles. The van der Waals surface area contributed by atoms with Gasteiger partial charge in [0.05, 0.1) is 17.0 Å². The smallest absolute Gasteiger partial charge is 0.335 e. The zero-order valence-corrected chi connectivity index (χ0v) is 11.8. The number of nitrogens with zero attached hydrogens (tertiary/aromatic N) is 1. The predicted octanol–water partition coefficient (Wildman–Crippen LogP) is 3.75. The van der Waals surface area contributed by atoms with Crippen LogP contribution in [0.2, 0.25) is 0 Å². The van der Waals surface area contributed by atoms with Crippen LogP contribution in [0, 0.1) is 11.7 Å². The van der Waals surface area contributed by atoms with Gasteiger partial charge in [0.2, 0.25) is 0 Å². The van der Waals surface area contributed by atoms with Gasteiger partial charge in [-0.1, -0.05) is 12.1 Å². The molecule has 5 heteroatoms. The van der Waals surface area contributed by atoms with Crippen molar-refractivity contribution in [2.45, 2.75) is 12.8 Å². The molecule has 0 radical (unpaired) electrons. The van der Waals surface area contributed by atoms with Gasteiger partial charge in [-0.3, -0.25) is 5.43 Å². The van der Waals surface area contributed by atoms with Crippen molar-refractivity contribution in [2.75, 3.05) is 5.43 Å². The summed E-state index contributed by atoms with van der Waals surface area (Å²) in [6.45, 7) is 0. The Morgan fingerprint density at radius 3 is 2.18 bits per heavy atom. The highest BCUT2D eigenvalue weighted by Crippen LogP contribution is 2.33. The molecule has 0 atom stereocenters. The van der Waals surface area contributed by atoms with E-state index < -0.39 is 5.97 Å². The van der Waals surface area contributed by atoms with Crippen molar-refractivity contribution in [1.29, 1.82) is 0 Å². The van der Waals surface area contributed by atoms with Crippen LogP contribution in [0.5, 0.6) is 0 Å². The summed E-state index contributed by atoms with van der Waals surface area (Å²) in [7, 11) is 0. The molecule has 1 fully saturated rings. The van der Waals surface area contributed by atoms with Crippen LogP contribution < -0.4 is 5.43 Å². The van der Waals surface area contributed by atoms with Crippen LogP contribution in [-0.4, -0.2) is 16.8 Å². The third kappa shape index (κ3) is 3.31. The summed E-state index contributed by atoms with van der Waals surface area (Å²) in [6.07, 6.45) is 2.16. The van der Waals surface area contributed by atoms with E-state index in [0.29, 0.717) is 11.6 Å². The van der Waals surface area contributed by atoms with Crippen LogP contribution in [0.4, 0.5) is 10.1 Å². The standard InChI is InChI=1S/C17H15FN2O2/c18-14-7-3-12(4-8-14)16(11-1-2-11)20-19-15-9-5-13(6-10-15)17(21)22/h3-11,19H,1-2H2,(H,21,22)/b20-16-. The molecule has 22 heavy (non-hydrogen) atoms. The van der Waals surface area contributed by atoms with Crippen LogP contribution in [-0.2, 0) is 0 Å².